The molecule has 0 bridgehead atoms. The van der Waals surface area contributed by atoms with E-state index in [1.54, 1.807) is 18.5 Å². The number of pyridine rings is 2. The number of para-hydroxylation sites is 2. The number of benzene rings is 2. The van der Waals surface area contributed by atoms with Crippen LogP contribution in [0.25, 0.3) is 16.6 Å². The van der Waals surface area contributed by atoms with Crippen molar-refractivity contribution in [1.82, 2.24) is 9.55 Å². The lowest BCUT2D eigenvalue weighted by atomic mass is 10.2. The molecule has 0 atom stereocenters. The molecule has 0 amide bonds. The van der Waals surface area contributed by atoms with Crippen LogP contribution in [0.1, 0.15) is 25.7 Å². The maximum absolute atomic E-state index is 13.2. The van der Waals surface area contributed by atoms with E-state index in [0.717, 1.165) is 29.7 Å². The number of fused-ring (bicyclic) bond motifs is 1. The lowest BCUT2D eigenvalue weighted by Gasteiger charge is -2.20. The normalized spacial score (nSPS) is 14.1. The minimum Gasteiger partial charge on any atom is -0.488 e. The number of nitrogens with zero attached hydrogens (tertiary/aromatic N) is 2. The molecular weight excluding hydrogens is 374 g/mol. The van der Waals surface area contributed by atoms with Gasteiger partial charge in [0.15, 0.2) is 11.2 Å². The lowest BCUT2D eigenvalue weighted by Crippen LogP contribution is -2.16. The number of anilines is 2. The zero-order valence-corrected chi connectivity index (χ0v) is 16.6. The fraction of sp³-hybridized carbons (Fsp3) is 0.200. The van der Waals surface area contributed by atoms with Gasteiger partial charge in [-0.2, -0.15) is 0 Å². The van der Waals surface area contributed by atoms with Crippen LogP contribution in [0.4, 0.5) is 11.5 Å². The number of nitrogens with one attached hydrogen (secondary N) is 1. The highest BCUT2D eigenvalue weighted by Gasteiger charge is 2.20. The molecule has 0 unspecified atom stereocenters. The summed E-state index contributed by atoms with van der Waals surface area (Å²) in [5, 5.41) is 3.96. The molecule has 30 heavy (non-hydrogen) atoms. The van der Waals surface area contributed by atoms with E-state index in [4.69, 9.17) is 4.74 Å². The van der Waals surface area contributed by atoms with Gasteiger partial charge in [0.25, 0.3) is 0 Å². The van der Waals surface area contributed by atoms with Gasteiger partial charge in [-0.1, -0.05) is 36.4 Å². The van der Waals surface area contributed by atoms with Crippen molar-refractivity contribution in [3.63, 3.8) is 0 Å². The van der Waals surface area contributed by atoms with Gasteiger partial charge in [-0.3, -0.25) is 14.3 Å². The van der Waals surface area contributed by atoms with Gasteiger partial charge in [-0.05, 0) is 49.9 Å². The largest absolute Gasteiger partial charge is 0.488 e. The summed E-state index contributed by atoms with van der Waals surface area (Å²) >= 11 is 0. The molecule has 1 saturated carbocycles. The zero-order valence-electron chi connectivity index (χ0n) is 16.6. The molecule has 150 valence electrons. The first-order valence-electron chi connectivity index (χ1n) is 10.4. The second kappa shape index (κ2) is 8.03. The van der Waals surface area contributed by atoms with Crippen LogP contribution < -0.4 is 15.5 Å². The van der Waals surface area contributed by atoms with E-state index in [-0.39, 0.29) is 11.5 Å². The summed E-state index contributed by atoms with van der Waals surface area (Å²) in [5.74, 6) is 1.25. The monoisotopic (exact) mass is 397 g/mol. The number of ether oxygens (including phenoxy) is 1. The predicted molar refractivity (Wildman–Crippen MR) is 120 cm³/mol. The van der Waals surface area contributed by atoms with Crippen molar-refractivity contribution in [2.75, 3.05) is 5.32 Å². The molecule has 0 spiro atoms. The van der Waals surface area contributed by atoms with Crippen LogP contribution in [0.3, 0.4) is 0 Å². The third kappa shape index (κ3) is 3.54. The highest BCUT2D eigenvalue weighted by atomic mass is 16.5. The maximum Gasteiger partial charge on any atom is 0.195 e. The Morgan fingerprint density at radius 1 is 0.933 bits per heavy atom. The van der Waals surface area contributed by atoms with Crippen LogP contribution in [-0.4, -0.2) is 15.7 Å². The number of hydrogen-bond donors (Lipinski definition) is 1. The van der Waals surface area contributed by atoms with Gasteiger partial charge in [0, 0.05) is 17.4 Å². The molecule has 5 rings (SSSR count). The van der Waals surface area contributed by atoms with E-state index >= 15 is 0 Å². The summed E-state index contributed by atoms with van der Waals surface area (Å²) in [7, 11) is 0. The molecule has 1 N–H and O–H groups in total. The summed E-state index contributed by atoms with van der Waals surface area (Å²) < 4.78 is 8.25. The molecule has 2 aromatic carbocycles. The first kappa shape index (κ1) is 18.4. The number of rotatable bonds is 5. The Labute approximate surface area is 175 Å². The Kier molecular flexibility index (Phi) is 4.93. The average Bonchev–Trinajstić information content (AvgIpc) is 3.28. The van der Waals surface area contributed by atoms with Gasteiger partial charge in [0.1, 0.15) is 5.82 Å². The smallest absolute Gasteiger partial charge is 0.195 e. The fourth-order valence-corrected chi connectivity index (χ4v) is 4.13. The summed E-state index contributed by atoms with van der Waals surface area (Å²) in [6.07, 6.45) is 7.95. The van der Waals surface area contributed by atoms with E-state index in [0.29, 0.717) is 17.0 Å². The molecule has 1 aliphatic carbocycles. The second-order valence-corrected chi connectivity index (χ2v) is 7.61. The van der Waals surface area contributed by atoms with Crippen molar-refractivity contribution in [1.29, 1.82) is 0 Å². The minimum absolute atomic E-state index is 0.0778. The molecule has 1 aliphatic rings. The summed E-state index contributed by atoms with van der Waals surface area (Å²) in [4.78, 5) is 17.6. The molecule has 2 heterocycles. The quantitative estimate of drug-likeness (QED) is 0.486. The van der Waals surface area contributed by atoms with Gasteiger partial charge >= 0.3 is 0 Å². The summed E-state index contributed by atoms with van der Waals surface area (Å²) in [5.41, 5.74) is 2.50. The third-order valence-electron chi connectivity index (χ3n) is 5.54. The van der Waals surface area contributed by atoms with Gasteiger partial charge < -0.3 is 10.1 Å². The van der Waals surface area contributed by atoms with Crippen molar-refractivity contribution in [2.24, 2.45) is 0 Å². The van der Waals surface area contributed by atoms with E-state index < -0.39 is 0 Å². The molecule has 4 aromatic rings. The van der Waals surface area contributed by atoms with Crippen LogP contribution in [0.15, 0.2) is 83.9 Å². The van der Waals surface area contributed by atoms with E-state index in [2.05, 4.69) is 10.3 Å². The van der Waals surface area contributed by atoms with Crippen molar-refractivity contribution in [2.45, 2.75) is 31.8 Å². The van der Waals surface area contributed by atoms with Gasteiger partial charge in [-0.25, -0.2) is 0 Å². The second-order valence-electron chi connectivity index (χ2n) is 7.61. The van der Waals surface area contributed by atoms with Crippen molar-refractivity contribution >= 4 is 22.4 Å². The Balaban J connectivity index is 1.71. The lowest BCUT2D eigenvalue weighted by molar-refractivity contribution is 0.212. The molecule has 0 saturated heterocycles. The Bertz CT molecular complexity index is 1210. The maximum atomic E-state index is 13.2. The van der Waals surface area contributed by atoms with Gasteiger partial charge in [0.2, 0.25) is 0 Å². The molecule has 5 nitrogen and oxygen atoms in total. The summed E-state index contributed by atoms with van der Waals surface area (Å²) in [6, 6.07) is 21.5. The van der Waals surface area contributed by atoms with Crippen molar-refractivity contribution < 1.29 is 4.74 Å². The van der Waals surface area contributed by atoms with Gasteiger partial charge in [0.05, 0.1) is 29.4 Å². The standard InChI is InChI=1S/C25H23N3O2/c29-22-15-24(27-18-9-3-1-4-10-18)28(19-11-5-2-6-12-19)21-16-26-17-23(25(21)22)30-20-13-7-8-14-20/h1-6,9-12,15-17,20,27H,7-8,13-14H2. The summed E-state index contributed by atoms with van der Waals surface area (Å²) in [6.45, 7) is 0. The molecule has 0 aliphatic heterocycles. The molecular formula is C25H23N3O2. The first-order chi connectivity index (χ1) is 14.8. The van der Waals surface area contributed by atoms with Crippen LogP contribution in [0.2, 0.25) is 0 Å². The molecule has 2 aromatic heterocycles. The van der Waals surface area contributed by atoms with Crippen molar-refractivity contribution in [3.8, 4) is 11.4 Å². The third-order valence-corrected chi connectivity index (χ3v) is 5.54. The van der Waals surface area contributed by atoms with Crippen LogP contribution >= 0.6 is 0 Å². The predicted octanol–water partition coefficient (Wildman–Crippen LogP) is 5.45. The highest BCUT2D eigenvalue weighted by molar-refractivity contribution is 5.88. The molecule has 1 fully saturated rings. The SMILES string of the molecule is O=c1cc(Nc2ccccc2)n(-c2ccccc2)c2cncc(OC3CCCC3)c12. The van der Waals surface area contributed by atoms with E-state index in [9.17, 15) is 4.79 Å². The number of aromatic nitrogens is 2. The van der Waals surface area contributed by atoms with Gasteiger partial charge in [-0.15, -0.1) is 0 Å². The Morgan fingerprint density at radius 3 is 2.37 bits per heavy atom. The van der Waals surface area contributed by atoms with E-state index in [1.165, 1.54) is 12.8 Å². The topological polar surface area (TPSA) is 56.2 Å². The fourth-order valence-electron chi connectivity index (χ4n) is 4.13. The molecule has 5 heteroatoms. The molecule has 0 radical (unpaired) electrons. The van der Waals surface area contributed by atoms with Crippen molar-refractivity contribution in [3.05, 3.63) is 89.3 Å². The minimum atomic E-state index is -0.0778. The number of hydrogen-bond acceptors (Lipinski definition) is 4. The first-order valence-corrected chi connectivity index (χ1v) is 10.4. The van der Waals surface area contributed by atoms with E-state index in [1.807, 2.05) is 65.2 Å². The van der Waals surface area contributed by atoms with Crippen LogP contribution in [-0.2, 0) is 0 Å². The van der Waals surface area contributed by atoms with Crippen LogP contribution in [0, 0.1) is 0 Å². The Hall–Kier alpha value is -3.60. The van der Waals surface area contributed by atoms with Crippen LogP contribution in [0.5, 0.6) is 5.75 Å². The zero-order chi connectivity index (χ0) is 20.3. The highest BCUT2D eigenvalue weighted by Crippen LogP contribution is 2.31. The average molecular weight is 397 g/mol. The Morgan fingerprint density at radius 2 is 1.63 bits per heavy atom.